The SMILES string of the molecule is CC1(C)Oc2ccc(C[C@H](N)C(N)=O)cc2O1. The molecule has 5 heteroatoms. The van der Waals surface area contributed by atoms with Crippen LogP contribution in [0.25, 0.3) is 0 Å². The lowest BCUT2D eigenvalue weighted by molar-refractivity contribution is -0.119. The van der Waals surface area contributed by atoms with Crippen molar-refractivity contribution in [2.75, 3.05) is 0 Å². The van der Waals surface area contributed by atoms with Crippen molar-refractivity contribution < 1.29 is 14.3 Å². The van der Waals surface area contributed by atoms with Crippen molar-refractivity contribution in [1.29, 1.82) is 0 Å². The molecule has 4 N–H and O–H groups in total. The highest BCUT2D eigenvalue weighted by atomic mass is 16.7. The summed E-state index contributed by atoms with van der Waals surface area (Å²) in [4.78, 5) is 10.9. The Labute approximate surface area is 99.7 Å². The number of carbonyl (C=O) groups excluding carboxylic acids is 1. The van der Waals surface area contributed by atoms with Crippen LogP contribution < -0.4 is 20.9 Å². The molecule has 0 aromatic heterocycles. The third-order valence-electron chi connectivity index (χ3n) is 2.54. The number of nitrogens with two attached hydrogens (primary N) is 2. The Morgan fingerprint density at radius 2 is 2.00 bits per heavy atom. The average Bonchev–Trinajstić information content (AvgIpc) is 2.50. The second-order valence-electron chi connectivity index (χ2n) is 4.60. The van der Waals surface area contributed by atoms with Gasteiger partial charge in [0.15, 0.2) is 11.5 Å². The van der Waals surface area contributed by atoms with Crippen LogP contribution in [0.3, 0.4) is 0 Å². The number of amides is 1. The van der Waals surface area contributed by atoms with Crippen LogP contribution in [-0.2, 0) is 11.2 Å². The number of fused-ring (bicyclic) bond motifs is 1. The lowest BCUT2D eigenvalue weighted by atomic mass is 10.1. The summed E-state index contributed by atoms with van der Waals surface area (Å²) in [5, 5.41) is 0. The van der Waals surface area contributed by atoms with Gasteiger partial charge in [-0.05, 0) is 24.1 Å². The lowest BCUT2D eigenvalue weighted by Gasteiger charge is -2.16. The summed E-state index contributed by atoms with van der Waals surface area (Å²) in [5.74, 6) is 0.214. The molecule has 2 rings (SSSR count). The molecule has 1 heterocycles. The zero-order valence-electron chi connectivity index (χ0n) is 9.90. The van der Waals surface area contributed by atoms with Gasteiger partial charge >= 0.3 is 0 Å². The Bertz CT molecular complexity index is 457. The highest BCUT2D eigenvalue weighted by molar-refractivity contribution is 5.79. The van der Waals surface area contributed by atoms with Crippen molar-refractivity contribution in [3.63, 3.8) is 0 Å². The molecule has 0 aliphatic carbocycles. The Kier molecular flexibility index (Phi) is 2.71. The van der Waals surface area contributed by atoms with E-state index in [-0.39, 0.29) is 0 Å². The van der Waals surface area contributed by atoms with E-state index < -0.39 is 17.7 Å². The molecule has 0 fully saturated rings. The van der Waals surface area contributed by atoms with Crippen LogP contribution in [-0.4, -0.2) is 17.7 Å². The van der Waals surface area contributed by atoms with Crippen molar-refractivity contribution >= 4 is 5.91 Å². The molecule has 0 bridgehead atoms. The Morgan fingerprint density at radius 3 is 2.65 bits per heavy atom. The second-order valence-corrected chi connectivity index (χ2v) is 4.60. The summed E-state index contributed by atoms with van der Waals surface area (Å²) < 4.78 is 11.2. The first-order chi connectivity index (χ1) is 7.87. The minimum atomic E-state index is -0.677. The maximum Gasteiger partial charge on any atom is 0.246 e. The van der Waals surface area contributed by atoms with Crippen LogP contribution in [0.4, 0.5) is 0 Å². The zero-order chi connectivity index (χ0) is 12.6. The highest BCUT2D eigenvalue weighted by Gasteiger charge is 2.31. The van der Waals surface area contributed by atoms with Crippen molar-refractivity contribution in [2.45, 2.75) is 32.1 Å². The van der Waals surface area contributed by atoms with Crippen LogP contribution in [0.2, 0.25) is 0 Å². The van der Waals surface area contributed by atoms with E-state index in [1.54, 1.807) is 0 Å². The van der Waals surface area contributed by atoms with Gasteiger partial charge in [0, 0.05) is 13.8 Å². The molecule has 0 spiro atoms. The molecule has 0 saturated heterocycles. The van der Waals surface area contributed by atoms with Crippen LogP contribution in [0, 0.1) is 0 Å². The molecule has 1 aliphatic heterocycles. The average molecular weight is 236 g/mol. The minimum Gasteiger partial charge on any atom is -0.449 e. The third-order valence-corrected chi connectivity index (χ3v) is 2.54. The van der Waals surface area contributed by atoms with E-state index >= 15 is 0 Å². The van der Waals surface area contributed by atoms with Crippen molar-refractivity contribution in [1.82, 2.24) is 0 Å². The molecule has 1 aromatic carbocycles. The number of rotatable bonds is 3. The fourth-order valence-electron chi connectivity index (χ4n) is 1.75. The maximum atomic E-state index is 10.9. The first-order valence-electron chi connectivity index (χ1n) is 5.43. The van der Waals surface area contributed by atoms with E-state index in [0.29, 0.717) is 17.9 Å². The summed E-state index contributed by atoms with van der Waals surface area (Å²) in [6, 6.07) is 4.82. The largest absolute Gasteiger partial charge is 0.449 e. The van der Waals surface area contributed by atoms with Gasteiger partial charge in [-0.2, -0.15) is 0 Å². The summed E-state index contributed by atoms with van der Waals surface area (Å²) in [6.45, 7) is 3.67. The summed E-state index contributed by atoms with van der Waals surface area (Å²) >= 11 is 0. The highest BCUT2D eigenvalue weighted by Crippen LogP contribution is 2.39. The number of primary amides is 1. The van der Waals surface area contributed by atoms with Crippen LogP contribution in [0.5, 0.6) is 11.5 Å². The van der Waals surface area contributed by atoms with Crippen molar-refractivity contribution in [3.05, 3.63) is 23.8 Å². The van der Waals surface area contributed by atoms with Crippen molar-refractivity contribution in [2.24, 2.45) is 11.5 Å². The van der Waals surface area contributed by atoms with E-state index in [4.69, 9.17) is 20.9 Å². The van der Waals surface area contributed by atoms with Gasteiger partial charge in [0.2, 0.25) is 11.7 Å². The lowest BCUT2D eigenvalue weighted by Crippen LogP contribution is -2.38. The maximum absolute atomic E-state index is 10.9. The fourth-order valence-corrected chi connectivity index (χ4v) is 1.75. The Balaban J connectivity index is 2.16. The van der Waals surface area contributed by atoms with E-state index in [1.165, 1.54) is 0 Å². The summed E-state index contributed by atoms with van der Waals surface area (Å²) in [6.07, 6.45) is 0.395. The van der Waals surface area contributed by atoms with Gasteiger partial charge in [0.1, 0.15) is 0 Å². The van der Waals surface area contributed by atoms with E-state index in [2.05, 4.69) is 0 Å². The molecular weight excluding hydrogens is 220 g/mol. The predicted molar refractivity (Wildman–Crippen MR) is 62.7 cm³/mol. The normalized spacial score (nSPS) is 17.8. The van der Waals surface area contributed by atoms with Gasteiger partial charge < -0.3 is 20.9 Å². The van der Waals surface area contributed by atoms with Gasteiger partial charge in [-0.15, -0.1) is 0 Å². The van der Waals surface area contributed by atoms with E-state index in [1.807, 2.05) is 32.0 Å². The fraction of sp³-hybridized carbons (Fsp3) is 0.417. The molecule has 0 radical (unpaired) electrons. The summed E-state index contributed by atoms with van der Waals surface area (Å²) in [5.41, 5.74) is 11.6. The molecule has 1 amide bonds. The standard InChI is InChI=1S/C12H16N2O3/c1-12(2)16-9-4-3-7(6-10(9)17-12)5-8(13)11(14)15/h3-4,6,8H,5,13H2,1-2H3,(H2,14,15)/t8-/m0/s1. The second kappa shape index (κ2) is 3.92. The first kappa shape index (κ1) is 11.7. The van der Waals surface area contributed by atoms with Gasteiger partial charge in [-0.1, -0.05) is 6.07 Å². The van der Waals surface area contributed by atoms with Gasteiger partial charge in [-0.3, -0.25) is 4.79 Å². The number of hydrogen-bond acceptors (Lipinski definition) is 4. The smallest absolute Gasteiger partial charge is 0.246 e. The predicted octanol–water partition coefficient (Wildman–Crippen LogP) is 0.549. The van der Waals surface area contributed by atoms with Crippen LogP contribution in [0.1, 0.15) is 19.4 Å². The quantitative estimate of drug-likeness (QED) is 0.802. The van der Waals surface area contributed by atoms with Crippen molar-refractivity contribution in [3.8, 4) is 11.5 Å². The third kappa shape index (κ3) is 2.50. The van der Waals surface area contributed by atoms with Gasteiger partial charge in [-0.25, -0.2) is 0 Å². The molecular formula is C12H16N2O3. The molecule has 0 saturated carbocycles. The monoisotopic (exact) mass is 236 g/mol. The number of carbonyl (C=O) groups is 1. The molecule has 5 nitrogen and oxygen atoms in total. The first-order valence-corrected chi connectivity index (χ1v) is 5.43. The zero-order valence-corrected chi connectivity index (χ0v) is 9.90. The topological polar surface area (TPSA) is 87.6 Å². The van der Waals surface area contributed by atoms with Crippen LogP contribution in [0.15, 0.2) is 18.2 Å². The Hall–Kier alpha value is -1.75. The van der Waals surface area contributed by atoms with Gasteiger partial charge in [0.05, 0.1) is 6.04 Å². The van der Waals surface area contributed by atoms with E-state index in [0.717, 1.165) is 5.56 Å². The molecule has 17 heavy (non-hydrogen) atoms. The number of hydrogen-bond donors (Lipinski definition) is 2. The van der Waals surface area contributed by atoms with E-state index in [9.17, 15) is 4.79 Å². The number of ether oxygens (including phenoxy) is 2. The molecule has 1 atom stereocenters. The molecule has 0 unspecified atom stereocenters. The molecule has 1 aliphatic rings. The number of benzene rings is 1. The molecule has 1 aromatic rings. The molecule has 92 valence electrons. The van der Waals surface area contributed by atoms with Crippen LogP contribution >= 0.6 is 0 Å². The van der Waals surface area contributed by atoms with Gasteiger partial charge in [0.25, 0.3) is 0 Å². The minimum absolute atomic E-state index is 0.395. The Morgan fingerprint density at radius 1 is 1.35 bits per heavy atom. The summed E-state index contributed by atoms with van der Waals surface area (Å²) in [7, 11) is 0.